The van der Waals surface area contributed by atoms with Crippen molar-refractivity contribution in [3.8, 4) is 39.3 Å². The molecule has 0 spiro atoms. The number of nitrogens with zero attached hydrogens (tertiary/aromatic N) is 2. The number of fused-ring (bicyclic) bond motifs is 2. The summed E-state index contributed by atoms with van der Waals surface area (Å²) < 4.78 is 21.2. The summed E-state index contributed by atoms with van der Waals surface area (Å²) in [4.78, 5) is 5.27. The van der Waals surface area contributed by atoms with Crippen LogP contribution in [0.25, 0.3) is 60.4 Å². The highest BCUT2D eigenvalue weighted by Gasteiger charge is 2.22. The molecule has 0 saturated carbocycles. The van der Waals surface area contributed by atoms with Gasteiger partial charge in [0.15, 0.2) is 0 Å². The van der Waals surface area contributed by atoms with Crippen LogP contribution in [0.15, 0.2) is 157 Å². The van der Waals surface area contributed by atoms with E-state index in [1.54, 1.807) is 11.3 Å². The Morgan fingerprint density at radius 1 is 0.581 bits per heavy atom. The average Bonchev–Trinajstić information content (AvgIpc) is 3.70. The molecule has 8 rings (SSSR count). The molecule has 43 heavy (non-hydrogen) atoms. The highest BCUT2D eigenvalue weighted by molar-refractivity contribution is 7.17. The van der Waals surface area contributed by atoms with Crippen molar-refractivity contribution in [3.05, 3.63) is 168 Å². The van der Waals surface area contributed by atoms with Gasteiger partial charge in [-0.15, -0.1) is 11.3 Å². The van der Waals surface area contributed by atoms with Crippen molar-refractivity contribution in [2.45, 2.75) is 6.37 Å². The molecule has 3 heteroatoms. The summed E-state index contributed by atoms with van der Waals surface area (Å²) in [6.07, 6.45) is -1.61. The van der Waals surface area contributed by atoms with Gasteiger partial charge in [-0.25, -0.2) is 4.98 Å². The van der Waals surface area contributed by atoms with E-state index in [2.05, 4.69) is 101 Å². The Hall–Kier alpha value is -5.25. The van der Waals surface area contributed by atoms with Crippen LogP contribution >= 0.6 is 11.3 Å². The lowest BCUT2D eigenvalue weighted by Crippen LogP contribution is -2.03. The van der Waals surface area contributed by atoms with Crippen molar-refractivity contribution < 1.29 is 2.74 Å². The monoisotopic (exact) mass is 570 g/mol. The molecule has 0 saturated heterocycles. The van der Waals surface area contributed by atoms with Crippen LogP contribution in [-0.4, -0.2) is 9.55 Å². The second-order valence-corrected chi connectivity index (χ2v) is 11.5. The van der Waals surface area contributed by atoms with Gasteiger partial charge in [-0.05, 0) is 46.8 Å². The quantitative estimate of drug-likeness (QED) is 0.194. The summed E-state index contributed by atoms with van der Waals surface area (Å²) >= 11 is 1.63. The summed E-state index contributed by atoms with van der Waals surface area (Å²) in [5, 5.41) is 3.22. The number of rotatable bonds is 6. The molecule has 2 heterocycles. The van der Waals surface area contributed by atoms with Crippen LogP contribution in [0.4, 0.5) is 0 Å². The maximum absolute atomic E-state index is 8.94. The fourth-order valence-corrected chi connectivity index (χ4v) is 6.86. The third-order valence-electron chi connectivity index (χ3n) is 7.87. The molecule has 0 radical (unpaired) electrons. The number of hydrogen-bond donors (Lipinski definition) is 0. The molecule has 0 atom stereocenters. The Kier molecular flexibility index (Phi) is 5.89. The molecule has 0 fully saturated rings. The Labute approximate surface area is 258 Å². The summed E-state index contributed by atoms with van der Waals surface area (Å²) in [7, 11) is 0. The van der Waals surface area contributed by atoms with Gasteiger partial charge in [-0.1, -0.05) is 133 Å². The normalized spacial score (nSPS) is 12.4. The highest BCUT2D eigenvalue weighted by atomic mass is 32.1. The Balaban J connectivity index is 1.39. The molecule has 0 bridgehead atoms. The van der Waals surface area contributed by atoms with E-state index in [0.717, 1.165) is 60.4 Å². The second-order valence-electron chi connectivity index (χ2n) is 10.5. The number of hydrogen-bond acceptors (Lipinski definition) is 2. The summed E-state index contributed by atoms with van der Waals surface area (Å²) in [5.41, 5.74) is 9.87. The van der Waals surface area contributed by atoms with Crippen molar-refractivity contribution in [1.82, 2.24) is 9.55 Å². The van der Waals surface area contributed by atoms with Gasteiger partial charge in [0.25, 0.3) is 0 Å². The fraction of sp³-hybridized carbons (Fsp3) is 0.0250. The first-order chi connectivity index (χ1) is 22.1. The van der Waals surface area contributed by atoms with Crippen LogP contribution in [-0.2, 0) is 6.37 Å². The standard InChI is InChI=1S/C40H28N2S/c1-4-13-28(14-5-1)25-29-23-24-34-35(27-43-38(34)26-29)40-41-36-21-10-11-22-37(36)42(40)39-32(30-15-6-2-7-16-30)19-12-20-33(39)31-17-8-3-9-18-31/h1-24,26-27H,25H2/i25D2. The maximum Gasteiger partial charge on any atom is 0.147 e. The second kappa shape index (κ2) is 10.9. The molecule has 0 unspecified atom stereocenters. The first-order valence-corrected chi connectivity index (χ1v) is 15.3. The smallest absolute Gasteiger partial charge is 0.147 e. The minimum absolute atomic E-state index is 0.642. The molecular formula is C40H28N2S. The minimum Gasteiger partial charge on any atom is -0.291 e. The van der Waals surface area contributed by atoms with Crippen LogP contribution in [0.1, 0.15) is 13.9 Å². The number of para-hydroxylation sites is 3. The number of thiophene rings is 1. The molecular weight excluding hydrogens is 541 g/mol. The third-order valence-corrected chi connectivity index (χ3v) is 8.81. The lowest BCUT2D eigenvalue weighted by atomic mass is 9.95. The zero-order chi connectivity index (χ0) is 30.4. The molecule has 0 aliphatic rings. The van der Waals surface area contributed by atoms with Gasteiger partial charge in [0.1, 0.15) is 5.82 Å². The van der Waals surface area contributed by atoms with E-state index in [4.69, 9.17) is 7.73 Å². The van der Waals surface area contributed by atoms with Crippen LogP contribution in [0.3, 0.4) is 0 Å². The summed E-state index contributed by atoms with van der Waals surface area (Å²) in [5.74, 6) is 0.863. The fourth-order valence-electron chi connectivity index (χ4n) is 5.89. The van der Waals surface area contributed by atoms with E-state index in [9.17, 15) is 0 Å². The molecule has 0 aliphatic heterocycles. The molecule has 6 aromatic carbocycles. The predicted molar refractivity (Wildman–Crippen MR) is 182 cm³/mol. The van der Waals surface area contributed by atoms with Gasteiger partial charge < -0.3 is 0 Å². The number of benzene rings is 6. The van der Waals surface area contributed by atoms with Crippen LogP contribution in [0.5, 0.6) is 0 Å². The van der Waals surface area contributed by atoms with Crippen LogP contribution in [0.2, 0.25) is 0 Å². The van der Waals surface area contributed by atoms with Gasteiger partial charge in [0, 0.05) is 34.9 Å². The van der Waals surface area contributed by atoms with E-state index in [0.29, 0.717) is 11.1 Å². The average molecular weight is 571 g/mol. The van der Waals surface area contributed by atoms with E-state index < -0.39 is 6.37 Å². The van der Waals surface area contributed by atoms with Crippen LogP contribution < -0.4 is 0 Å². The van der Waals surface area contributed by atoms with Gasteiger partial charge in [0.2, 0.25) is 0 Å². The van der Waals surface area contributed by atoms with Crippen molar-refractivity contribution in [3.63, 3.8) is 0 Å². The number of imidazole rings is 1. The zero-order valence-corrected chi connectivity index (χ0v) is 24.1. The van der Waals surface area contributed by atoms with E-state index in [1.165, 1.54) is 0 Å². The van der Waals surface area contributed by atoms with Gasteiger partial charge in [-0.2, -0.15) is 0 Å². The molecule has 0 aliphatic carbocycles. The SMILES string of the molecule is [2H]C([2H])(c1ccccc1)c1ccc2c(-c3nc4ccccc4n3-c3c(-c4ccccc4)cccc3-c3ccccc3)csc2c1. The molecule has 8 aromatic rings. The Morgan fingerprint density at radius 2 is 1.21 bits per heavy atom. The predicted octanol–water partition coefficient (Wildman–Crippen LogP) is 10.8. The highest BCUT2D eigenvalue weighted by Crippen LogP contribution is 2.42. The van der Waals surface area contributed by atoms with Crippen molar-refractivity contribution >= 4 is 32.5 Å². The van der Waals surface area contributed by atoms with Crippen LogP contribution in [0, 0.1) is 0 Å². The first kappa shape index (κ1) is 23.3. The largest absolute Gasteiger partial charge is 0.291 e. The summed E-state index contributed by atoms with van der Waals surface area (Å²) in [6, 6.07) is 51.3. The topological polar surface area (TPSA) is 17.8 Å². The maximum atomic E-state index is 8.94. The summed E-state index contributed by atoms with van der Waals surface area (Å²) in [6.45, 7) is 0. The first-order valence-electron chi connectivity index (χ1n) is 15.4. The van der Waals surface area contributed by atoms with E-state index in [1.807, 2.05) is 60.7 Å². The van der Waals surface area contributed by atoms with E-state index >= 15 is 0 Å². The Morgan fingerprint density at radius 3 is 1.91 bits per heavy atom. The van der Waals surface area contributed by atoms with Gasteiger partial charge >= 0.3 is 0 Å². The molecule has 204 valence electrons. The third kappa shape index (κ3) is 4.64. The van der Waals surface area contributed by atoms with E-state index in [-0.39, 0.29) is 0 Å². The minimum atomic E-state index is -1.61. The molecule has 2 nitrogen and oxygen atoms in total. The van der Waals surface area contributed by atoms with Gasteiger partial charge in [0.05, 0.1) is 16.7 Å². The van der Waals surface area contributed by atoms with Crippen molar-refractivity contribution in [1.29, 1.82) is 0 Å². The van der Waals surface area contributed by atoms with Crippen molar-refractivity contribution in [2.24, 2.45) is 0 Å². The van der Waals surface area contributed by atoms with Crippen molar-refractivity contribution in [2.75, 3.05) is 0 Å². The zero-order valence-electron chi connectivity index (χ0n) is 25.3. The molecule has 2 aromatic heterocycles. The Bertz CT molecular complexity index is 2230. The molecule has 0 amide bonds. The lowest BCUT2D eigenvalue weighted by molar-refractivity contribution is 1.11. The van der Waals surface area contributed by atoms with Gasteiger partial charge in [-0.3, -0.25) is 4.57 Å². The number of aromatic nitrogens is 2. The lowest BCUT2D eigenvalue weighted by Gasteiger charge is -2.19. The molecule has 0 N–H and O–H groups in total.